The molecule has 6 rings (SSSR count). The molecule has 4 heterocycles. The van der Waals surface area contributed by atoms with Crippen LogP contribution in [0.5, 0.6) is 11.5 Å². The molecule has 0 amide bonds. The second-order valence-electron chi connectivity index (χ2n) is 15.4. The summed E-state index contributed by atoms with van der Waals surface area (Å²) in [6.07, 6.45) is 3.11. The van der Waals surface area contributed by atoms with E-state index in [1.807, 2.05) is 31.5 Å². The number of likely N-dealkylation sites (N-methyl/N-ethyl adjacent to an activating group) is 2. The van der Waals surface area contributed by atoms with E-state index in [4.69, 9.17) is 24.4 Å². The summed E-state index contributed by atoms with van der Waals surface area (Å²) in [6, 6.07) is 8.90. The molecule has 0 atom stereocenters. The molecule has 0 fully saturated rings. The summed E-state index contributed by atoms with van der Waals surface area (Å²) in [4.78, 5) is 29.1. The molecular weight excluding hydrogens is 673 g/mol. The zero-order valence-corrected chi connectivity index (χ0v) is 31.7. The average molecular weight is 721 g/mol. The monoisotopic (exact) mass is 720 g/mol. The van der Waals surface area contributed by atoms with Gasteiger partial charge in [-0.2, -0.15) is 13.2 Å². The van der Waals surface area contributed by atoms with Crippen molar-refractivity contribution < 1.29 is 37.3 Å². The Morgan fingerprint density at radius 2 is 1.58 bits per heavy atom. The number of fused-ring (bicyclic) bond motifs is 4. The maximum absolute atomic E-state index is 13.1. The van der Waals surface area contributed by atoms with Gasteiger partial charge in [0.15, 0.2) is 5.54 Å². The lowest BCUT2D eigenvalue weighted by Crippen LogP contribution is -2.49. The molecule has 52 heavy (non-hydrogen) atoms. The number of esters is 1. The number of imidazole rings is 1. The molecule has 0 saturated carbocycles. The van der Waals surface area contributed by atoms with Gasteiger partial charge in [-0.05, 0) is 91.7 Å². The highest BCUT2D eigenvalue weighted by Gasteiger charge is 2.36. The predicted octanol–water partition coefficient (Wildman–Crippen LogP) is 5.60. The first-order valence-corrected chi connectivity index (χ1v) is 17.4. The van der Waals surface area contributed by atoms with Gasteiger partial charge in [-0.1, -0.05) is 6.08 Å². The van der Waals surface area contributed by atoms with Gasteiger partial charge in [-0.25, -0.2) is 9.56 Å². The number of carbonyl (C=O) groups excluding carboxylic acids is 2. The number of anilines is 1. The molecular formula is C40H47F3N4O5. The van der Waals surface area contributed by atoms with Crippen LogP contribution in [-0.4, -0.2) is 57.4 Å². The highest BCUT2D eigenvalue weighted by atomic mass is 19.4. The SMILES string of the molecule is CCN1c2cc3c(cc2C(C)=CC1(C)C)C(c1nccn1CC(=O)OC(C)(C)C)=c1cc2c(cc1O3)=[N+](CC)C(C)(C)C=C2C.O=C([O-])C(F)(F)F. The molecule has 2 aromatic carbocycles. The largest absolute Gasteiger partial charge is 0.542 e. The van der Waals surface area contributed by atoms with Crippen LogP contribution < -0.4 is 29.9 Å². The van der Waals surface area contributed by atoms with Gasteiger partial charge in [0.25, 0.3) is 0 Å². The van der Waals surface area contributed by atoms with Crippen LogP contribution in [0.25, 0.3) is 16.7 Å². The number of halogens is 3. The number of rotatable bonds is 5. The van der Waals surface area contributed by atoms with Gasteiger partial charge < -0.3 is 28.8 Å². The Morgan fingerprint density at radius 1 is 0.942 bits per heavy atom. The van der Waals surface area contributed by atoms with Gasteiger partial charge in [-0.15, -0.1) is 0 Å². The topological polar surface area (TPSA) is 99.7 Å². The molecule has 1 aromatic heterocycles. The molecule has 0 bridgehead atoms. The van der Waals surface area contributed by atoms with Gasteiger partial charge in [0, 0.05) is 72.0 Å². The van der Waals surface area contributed by atoms with Crippen LogP contribution in [0.4, 0.5) is 18.9 Å². The minimum atomic E-state index is -5.19. The van der Waals surface area contributed by atoms with Crippen molar-refractivity contribution in [2.75, 3.05) is 18.0 Å². The quantitative estimate of drug-likeness (QED) is 0.196. The molecule has 12 heteroatoms. The minimum Gasteiger partial charge on any atom is -0.542 e. The summed E-state index contributed by atoms with van der Waals surface area (Å²) >= 11 is 0. The lowest BCUT2D eigenvalue weighted by Gasteiger charge is -2.43. The van der Waals surface area contributed by atoms with E-state index < -0.39 is 17.7 Å². The second kappa shape index (κ2) is 13.3. The number of aromatic nitrogens is 2. The van der Waals surface area contributed by atoms with E-state index in [1.165, 1.54) is 22.3 Å². The normalized spacial score (nSPS) is 16.9. The van der Waals surface area contributed by atoms with Crippen molar-refractivity contribution >= 4 is 34.3 Å². The molecule has 3 aromatic rings. The van der Waals surface area contributed by atoms with Gasteiger partial charge in [0.1, 0.15) is 42.0 Å². The summed E-state index contributed by atoms with van der Waals surface area (Å²) in [5.41, 5.74) is 7.07. The molecule has 3 aliphatic rings. The predicted molar refractivity (Wildman–Crippen MR) is 193 cm³/mol. The Labute approximate surface area is 302 Å². The number of hydrogen-bond acceptors (Lipinski definition) is 7. The third kappa shape index (κ3) is 7.25. The van der Waals surface area contributed by atoms with Gasteiger partial charge >= 0.3 is 12.1 Å². The summed E-state index contributed by atoms with van der Waals surface area (Å²) in [7, 11) is 0. The number of carboxylic acid groups (broad SMARTS) is 1. The first-order chi connectivity index (χ1) is 24.0. The smallest absolute Gasteiger partial charge is 0.430 e. The fourth-order valence-electron chi connectivity index (χ4n) is 7.61. The maximum Gasteiger partial charge on any atom is 0.430 e. The second-order valence-corrected chi connectivity index (χ2v) is 15.4. The zero-order chi connectivity index (χ0) is 38.7. The van der Waals surface area contributed by atoms with E-state index >= 15 is 0 Å². The minimum absolute atomic E-state index is 0.0605. The molecule has 0 radical (unpaired) electrons. The average Bonchev–Trinajstić information content (AvgIpc) is 3.44. The number of allylic oxidation sites excluding steroid dienone is 2. The lowest BCUT2D eigenvalue weighted by molar-refractivity contribution is -0.344. The molecule has 0 saturated heterocycles. The van der Waals surface area contributed by atoms with E-state index in [0.717, 1.165) is 52.0 Å². The first-order valence-electron chi connectivity index (χ1n) is 17.4. The summed E-state index contributed by atoms with van der Waals surface area (Å²) < 4.78 is 48.5. The Morgan fingerprint density at radius 3 is 2.15 bits per heavy atom. The van der Waals surface area contributed by atoms with Crippen molar-refractivity contribution in [1.82, 2.24) is 14.1 Å². The third-order valence-corrected chi connectivity index (χ3v) is 9.44. The van der Waals surface area contributed by atoms with Crippen LogP contribution in [0.3, 0.4) is 0 Å². The van der Waals surface area contributed by atoms with Crippen LogP contribution in [-0.2, 0) is 20.9 Å². The van der Waals surface area contributed by atoms with E-state index in [1.54, 1.807) is 6.20 Å². The Bertz CT molecular complexity index is 2150. The molecule has 0 spiro atoms. The van der Waals surface area contributed by atoms with E-state index in [9.17, 15) is 18.0 Å². The number of alkyl halides is 3. The number of benzene rings is 2. The number of aliphatic carboxylic acids is 1. The number of carboxylic acids is 1. The van der Waals surface area contributed by atoms with Crippen molar-refractivity contribution in [3.8, 4) is 11.5 Å². The van der Waals surface area contributed by atoms with Crippen molar-refractivity contribution in [2.45, 2.75) is 106 Å². The van der Waals surface area contributed by atoms with Crippen molar-refractivity contribution in [3.05, 3.63) is 81.9 Å². The highest BCUT2D eigenvalue weighted by molar-refractivity contribution is 5.91. The number of hydrogen-bond donors (Lipinski definition) is 0. The van der Waals surface area contributed by atoms with Crippen LogP contribution in [0.15, 0.2) is 48.8 Å². The van der Waals surface area contributed by atoms with Crippen LogP contribution >= 0.6 is 0 Å². The van der Waals surface area contributed by atoms with Crippen molar-refractivity contribution in [2.24, 2.45) is 0 Å². The fraction of sp³-hybridized carbons (Fsp3) is 0.450. The number of carbonyl (C=O) groups is 2. The van der Waals surface area contributed by atoms with Gasteiger partial charge in [0.05, 0.1) is 11.6 Å². The Hall–Kier alpha value is -4.87. The Kier molecular flexibility index (Phi) is 9.79. The molecule has 0 unspecified atom stereocenters. The van der Waals surface area contributed by atoms with Crippen molar-refractivity contribution in [1.29, 1.82) is 0 Å². The third-order valence-electron chi connectivity index (χ3n) is 9.44. The molecule has 278 valence electrons. The van der Waals surface area contributed by atoms with Gasteiger partial charge in [0.2, 0.25) is 5.36 Å². The van der Waals surface area contributed by atoms with E-state index in [0.29, 0.717) is 5.82 Å². The summed E-state index contributed by atoms with van der Waals surface area (Å²) in [5, 5.41) is 10.9. The molecule has 0 aliphatic carbocycles. The van der Waals surface area contributed by atoms with E-state index in [-0.39, 0.29) is 23.6 Å². The number of nitrogens with zero attached hydrogens (tertiary/aromatic N) is 4. The summed E-state index contributed by atoms with van der Waals surface area (Å²) in [5.74, 6) is -1.02. The standard InChI is InChI=1S/C38H47N4O3.C2HF3O2/c1-12-41-29-18-31-27(16-25(29)23(3)20-37(41,8)9)34(35-39-14-15-40(35)22-33(43)45-36(5,6)7)28-17-26-24(4)21-38(10,11)42(13-2)30(26)19-32(28)44-31;3-2(4,5)1(6)7/h14-21H,12-13,22H2,1-11H3;(H,6,7)/q+1;/p-1. The van der Waals surface area contributed by atoms with Crippen molar-refractivity contribution in [3.63, 3.8) is 0 Å². The van der Waals surface area contributed by atoms with Crippen LogP contribution in [0, 0.1) is 0 Å². The maximum atomic E-state index is 13.1. The molecule has 9 nitrogen and oxygen atoms in total. The lowest BCUT2D eigenvalue weighted by atomic mass is 9.85. The molecule has 0 N–H and O–H groups in total. The molecule has 3 aliphatic heterocycles. The van der Waals surface area contributed by atoms with Crippen LogP contribution in [0.1, 0.15) is 98.7 Å². The Balaban J connectivity index is 0.000000679. The summed E-state index contributed by atoms with van der Waals surface area (Å²) in [6.45, 7) is 25.3. The highest BCUT2D eigenvalue weighted by Crippen LogP contribution is 2.46. The van der Waals surface area contributed by atoms with Crippen LogP contribution in [0.2, 0.25) is 0 Å². The van der Waals surface area contributed by atoms with Gasteiger partial charge in [-0.3, -0.25) is 4.79 Å². The zero-order valence-electron chi connectivity index (χ0n) is 31.7. The fourth-order valence-corrected chi connectivity index (χ4v) is 7.61. The number of ether oxygens (including phenoxy) is 2. The van der Waals surface area contributed by atoms with E-state index in [2.05, 4.69) is 101 Å². The first kappa shape index (κ1) is 38.4.